The number of aryl methyl sites for hydroxylation is 2. The Morgan fingerprint density at radius 2 is 2.07 bits per heavy atom. The van der Waals surface area contributed by atoms with Crippen molar-refractivity contribution in [2.75, 3.05) is 0 Å². The summed E-state index contributed by atoms with van der Waals surface area (Å²) in [7, 11) is 0. The van der Waals surface area contributed by atoms with Crippen LogP contribution in [0.25, 0.3) is 0 Å². The molecule has 0 nitrogen and oxygen atoms in total. The van der Waals surface area contributed by atoms with Crippen molar-refractivity contribution in [3.05, 3.63) is 34.9 Å². The summed E-state index contributed by atoms with van der Waals surface area (Å²) in [6, 6.07) is 6.65. The molecule has 0 saturated heterocycles. The molecule has 1 saturated carbocycles. The molecule has 0 aliphatic heterocycles. The van der Waals surface area contributed by atoms with E-state index in [2.05, 4.69) is 48.0 Å². The highest BCUT2D eigenvalue weighted by Gasteiger charge is 2.28. The zero-order valence-electron chi connectivity index (χ0n) is 9.59. The Morgan fingerprint density at radius 1 is 1.33 bits per heavy atom. The molecular formula is C14H19Br. The van der Waals surface area contributed by atoms with Gasteiger partial charge in [-0.1, -0.05) is 34.1 Å². The zero-order valence-corrected chi connectivity index (χ0v) is 11.2. The number of halogens is 1. The number of hydrogen-bond donors (Lipinski definition) is 0. The molecule has 1 unspecified atom stereocenters. The van der Waals surface area contributed by atoms with Gasteiger partial charge in [0.15, 0.2) is 0 Å². The maximum absolute atomic E-state index is 3.81. The van der Waals surface area contributed by atoms with Crippen molar-refractivity contribution < 1.29 is 0 Å². The standard InChI is InChI=1S/C14H19Br/c1-10-4-3-5-12(11(10)2)8-9-14(15)13-6-7-13/h3-5,13-14H,6-9H2,1-2H3. The molecule has 0 aromatic heterocycles. The van der Waals surface area contributed by atoms with Gasteiger partial charge in [-0.3, -0.25) is 0 Å². The molecule has 0 N–H and O–H groups in total. The minimum absolute atomic E-state index is 0.748. The average molecular weight is 267 g/mol. The molecule has 0 bridgehead atoms. The van der Waals surface area contributed by atoms with Crippen LogP contribution in [0.5, 0.6) is 0 Å². The highest BCUT2D eigenvalue weighted by molar-refractivity contribution is 9.09. The van der Waals surface area contributed by atoms with E-state index in [0.717, 1.165) is 10.7 Å². The van der Waals surface area contributed by atoms with Crippen molar-refractivity contribution in [1.82, 2.24) is 0 Å². The summed E-state index contributed by atoms with van der Waals surface area (Å²) in [5, 5.41) is 0. The summed E-state index contributed by atoms with van der Waals surface area (Å²) < 4.78 is 0. The minimum Gasteiger partial charge on any atom is -0.0888 e. The first-order valence-electron chi connectivity index (χ1n) is 5.87. The van der Waals surface area contributed by atoms with Crippen molar-refractivity contribution in [3.8, 4) is 0 Å². The van der Waals surface area contributed by atoms with Crippen LogP contribution in [-0.2, 0) is 6.42 Å². The molecule has 1 aromatic carbocycles. The van der Waals surface area contributed by atoms with E-state index in [1.807, 2.05) is 0 Å². The molecule has 1 heteroatoms. The Kier molecular flexibility index (Phi) is 3.50. The lowest BCUT2D eigenvalue weighted by Gasteiger charge is -2.11. The monoisotopic (exact) mass is 266 g/mol. The maximum atomic E-state index is 3.81. The van der Waals surface area contributed by atoms with E-state index >= 15 is 0 Å². The van der Waals surface area contributed by atoms with Crippen LogP contribution < -0.4 is 0 Å². The third-order valence-electron chi connectivity index (χ3n) is 3.54. The highest BCUT2D eigenvalue weighted by atomic mass is 79.9. The quantitative estimate of drug-likeness (QED) is 0.709. The van der Waals surface area contributed by atoms with Crippen molar-refractivity contribution >= 4 is 15.9 Å². The van der Waals surface area contributed by atoms with Gasteiger partial charge in [-0.05, 0) is 62.1 Å². The molecule has 0 radical (unpaired) electrons. The van der Waals surface area contributed by atoms with Crippen molar-refractivity contribution in [2.45, 2.75) is 44.4 Å². The van der Waals surface area contributed by atoms with Crippen LogP contribution in [0.3, 0.4) is 0 Å². The summed E-state index contributed by atoms with van der Waals surface area (Å²) >= 11 is 3.81. The van der Waals surface area contributed by atoms with E-state index < -0.39 is 0 Å². The normalized spacial score (nSPS) is 17.8. The van der Waals surface area contributed by atoms with Gasteiger partial charge >= 0.3 is 0 Å². The molecule has 0 amide bonds. The van der Waals surface area contributed by atoms with E-state index in [-0.39, 0.29) is 0 Å². The van der Waals surface area contributed by atoms with E-state index in [0.29, 0.717) is 0 Å². The SMILES string of the molecule is Cc1cccc(CCC(Br)C2CC2)c1C. The molecule has 0 heterocycles. The number of hydrogen-bond acceptors (Lipinski definition) is 0. The third-order valence-corrected chi connectivity index (χ3v) is 4.75. The number of alkyl halides is 1. The Morgan fingerprint density at radius 3 is 2.73 bits per heavy atom. The van der Waals surface area contributed by atoms with E-state index in [4.69, 9.17) is 0 Å². The highest BCUT2D eigenvalue weighted by Crippen LogP contribution is 2.38. The van der Waals surface area contributed by atoms with Crippen molar-refractivity contribution in [2.24, 2.45) is 5.92 Å². The molecule has 82 valence electrons. The van der Waals surface area contributed by atoms with Crippen LogP contribution in [0.15, 0.2) is 18.2 Å². The first-order valence-corrected chi connectivity index (χ1v) is 6.79. The Balaban J connectivity index is 1.95. The predicted octanol–water partition coefficient (Wildman–Crippen LogP) is 4.41. The van der Waals surface area contributed by atoms with Gasteiger partial charge in [0, 0.05) is 4.83 Å². The molecule has 15 heavy (non-hydrogen) atoms. The second-order valence-electron chi connectivity index (χ2n) is 4.75. The molecule has 1 aromatic rings. The van der Waals surface area contributed by atoms with Gasteiger partial charge in [-0.25, -0.2) is 0 Å². The van der Waals surface area contributed by atoms with E-state index in [1.165, 1.54) is 42.4 Å². The Labute approximate surface area is 101 Å². The Hall–Kier alpha value is -0.300. The summed E-state index contributed by atoms with van der Waals surface area (Å²) in [4.78, 5) is 0.748. The van der Waals surface area contributed by atoms with Crippen LogP contribution in [0, 0.1) is 19.8 Å². The fraction of sp³-hybridized carbons (Fsp3) is 0.571. The second-order valence-corrected chi connectivity index (χ2v) is 5.93. The van der Waals surface area contributed by atoms with Crippen LogP contribution in [-0.4, -0.2) is 4.83 Å². The van der Waals surface area contributed by atoms with Crippen molar-refractivity contribution in [1.29, 1.82) is 0 Å². The van der Waals surface area contributed by atoms with Crippen LogP contribution in [0.4, 0.5) is 0 Å². The maximum Gasteiger partial charge on any atom is 0.0177 e. The molecular weight excluding hydrogens is 248 g/mol. The van der Waals surface area contributed by atoms with E-state index in [9.17, 15) is 0 Å². The Bertz CT molecular complexity index is 339. The predicted molar refractivity (Wildman–Crippen MR) is 69.7 cm³/mol. The lowest BCUT2D eigenvalue weighted by molar-refractivity contribution is 0.694. The van der Waals surface area contributed by atoms with Crippen LogP contribution in [0.2, 0.25) is 0 Å². The molecule has 1 atom stereocenters. The molecule has 1 aliphatic carbocycles. The molecule has 2 rings (SSSR count). The van der Waals surface area contributed by atoms with Crippen molar-refractivity contribution in [3.63, 3.8) is 0 Å². The van der Waals surface area contributed by atoms with Gasteiger partial charge < -0.3 is 0 Å². The van der Waals surface area contributed by atoms with Gasteiger partial charge in [0.05, 0.1) is 0 Å². The summed E-state index contributed by atoms with van der Waals surface area (Å²) in [6.45, 7) is 4.44. The lowest BCUT2D eigenvalue weighted by atomic mass is 9.98. The summed E-state index contributed by atoms with van der Waals surface area (Å²) in [5.74, 6) is 0.968. The summed E-state index contributed by atoms with van der Waals surface area (Å²) in [6.07, 6.45) is 5.38. The molecule has 1 aliphatic rings. The number of rotatable bonds is 4. The van der Waals surface area contributed by atoms with Crippen LogP contribution >= 0.6 is 15.9 Å². The first-order chi connectivity index (χ1) is 7.18. The van der Waals surface area contributed by atoms with Gasteiger partial charge in [-0.15, -0.1) is 0 Å². The fourth-order valence-electron chi connectivity index (χ4n) is 2.07. The van der Waals surface area contributed by atoms with Gasteiger partial charge in [0.1, 0.15) is 0 Å². The van der Waals surface area contributed by atoms with E-state index in [1.54, 1.807) is 0 Å². The zero-order chi connectivity index (χ0) is 10.8. The fourth-order valence-corrected chi connectivity index (χ4v) is 2.83. The van der Waals surface area contributed by atoms with Crippen LogP contribution in [0.1, 0.15) is 36.0 Å². The summed E-state index contributed by atoms with van der Waals surface area (Å²) in [5.41, 5.74) is 4.43. The third kappa shape index (κ3) is 2.84. The largest absolute Gasteiger partial charge is 0.0888 e. The van der Waals surface area contributed by atoms with Gasteiger partial charge in [0.2, 0.25) is 0 Å². The minimum atomic E-state index is 0.748. The number of benzene rings is 1. The smallest absolute Gasteiger partial charge is 0.0177 e. The van der Waals surface area contributed by atoms with Gasteiger partial charge in [-0.2, -0.15) is 0 Å². The topological polar surface area (TPSA) is 0 Å². The molecule has 0 spiro atoms. The molecule has 1 fully saturated rings. The second kappa shape index (κ2) is 4.69. The lowest BCUT2D eigenvalue weighted by Crippen LogP contribution is -2.03. The first kappa shape index (κ1) is 11.2. The van der Waals surface area contributed by atoms with Gasteiger partial charge in [0.25, 0.3) is 0 Å². The average Bonchev–Trinajstić information content (AvgIpc) is 3.03.